The molecule has 4 aromatic rings. The molecule has 1 aliphatic rings. The monoisotopic (exact) mass is 658 g/mol. The fourth-order valence-corrected chi connectivity index (χ4v) is 5.58. The summed E-state index contributed by atoms with van der Waals surface area (Å²) in [5.41, 5.74) is -2.18. The molecule has 0 fully saturated rings. The third kappa shape index (κ3) is 5.84. The van der Waals surface area contributed by atoms with Gasteiger partial charge in [-0.1, -0.05) is 0 Å². The fraction of sp³-hybridized carbons (Fsp3) is 0.286. The second-order valence-electron chi connectivity index (χ2n) is 10.4. The van der Waals surface area contributed by atoms with Gasteiger partial charge in [-0.05, 0) is 56.3 Å². The van der Waals surface area contributed by atoms with E-state index in [0.29, 0.717) is 11.1 Å². The van der Waals surface area contributed by atoms with Crippen LogP contribution in [-0.2, 0) is 15.8 Å². The molecule has 1 aliphatic heterocycles. The normalized spacial score (nSPS) is 17.8. The first-order valence-corrected chi connectivity index (χ1v) is 13.6. The van der Waals surface area contributed by atoms with E-state index in [2.05, 4.69) is 14.7 Å². The summed E-state index contributed by atoms with van der Waals surface area (Å²) < 4.78 is 106. The van der Waals surface area contributed by atoms with E-state index in [9.17, 15) is 45.4 Å². The van der Waals surface area contributed by atoms with Gasteiger partial charge in [0.1, 0.15) is 34.8 Å². The van der Waals surface area contributed by atoms with Gasteiger partial charge < -0.3 is 25.6 Å². The van der Waals surface area contributed by atoms with E-state index in [4.69, 9.17) is 10.5 Å². The van der Waals surface area contributed by atoms with Crippen molar-refractivity contribution >= 4 is 33.4 Å². The number of nitrogens with two attached hydrogens (primary N) is 1. The number of benzene rings is 2. The van der Waals surface area contributed by atoms with E-state index >= 15 is 0 Å². The summed E-state index contributed by atoms with van der Waals surface area (Å²) in [6.07, 6.45) is -10.7. The molecular weight excluding hydrogens is 637 g/mol. The topological polar surface area (TPSA) is 137 Å². The van der Waals surface area contributed by atoms with E-state index in [1.54, 1.807) is 0 Å². The molecule has 2 aromatic heterocycles. The maximum atomic E-state index is 14.6. The molecule has 0 saturated carbocycles. The van der Waals surface area contributed by atoms with Gasteiger partial charge in [0.2, 0.25) is 11.5 Å². The highest BCUT2D eigenvalue weighted by Gasteiger charge is 2.57. The third-order valence-corrected chi connectivity index (χ3v) is 8.10. The Labute approximate surface area is 252 Å². The molecule has 0 unspecified atom stereocenters. The van der Waals surface area contributed by atoms with Crippen molar-refractivity contribution in [1.82, 2.24) is 15.3 Å². The zero-order valence-electron chi connectivity index (χ0n) is 23.1. The number of nitrogens with zero attached hydrogens (tertiary/aromatic N) is 2. The van der Waals surface area contributed by atoms with E-state index in [-0.39, 0.29) is 39.4 Å². The second kappa shape index (κ2) is 10.8. The molecule has 0 saturated heterocycles. The number of pyridine rings is 1. The van der Waals surface area contributed by atoms with Crippen molar-refractivity contribution in [2.45, 2.75) is 37.4 Å². The molecular formula is C28H21F7N4O5S. The average Bonchev–Trinajstić information content (AvgIpc) is 3.50. The number of fused-ring (bicyclic) bond motifs is 2. The fourth-order valence-electron chi connectivity index (χ4n) is 4.69. The van der Waals surface area contributed by atoms with Crippen molar-refractivity contribution in [3.8, 4) is 22.8 Å². The molecule has 4 N–H and O–H groups in total. The predicted octanol–water partition coefficient (Wildman–Crippen LogP) is 5.02. The number of thiazole rings is 1. The zero-order valence-corrected chi connectivity index (χ0v) is 23.9. The van der Waals surface area contributed by atoms with E-state index in [1.807, 2.05) is 5.32 Å². The van der Waals surface area contributed by atoms with Crippen LogP contribution in [0.4, 0.5) is 30.7 Å². The van der Waals surface area contributed by atoms with E-state index in [1.165, 1.54) is 26.0 Å². The van der Waals surface area contributed by atoms with E-state index < -0.39 is 64.7 Å². The quantitative estimate of drug-likeness (QED) is 0.237. The smallest absolute Gasteiger partial charge is 0.489 e. The summed E-state index contributed by atoms with van der Waals surface area (Å²) in [5, 5.41) is 13.4. The van der Waals surface area contributed by atoms with Crippen LogP contribution < -0.4 is 20.5 Å². The van der Waals surface area contributed by atoms with Gasteiger partial charge in [-0.25, -0.2) is 14.4 Å². The van der Waals surface area contributed by atoms with Crippen LogP contribution in [0.15, 0.2) is 42.5 Å². The summed E-state index contributed by atoms with van der Waals surface area (Å²) in [4.78, 5) is 33.3. The number of ether oxygens (including phenoxy) is 2. The van der Waals surface area contributed by atoms with Crippen LogP contribution in [0.3, 0.4) is 0 Å². The highest BCUT2D eigenvalue weighted by Crippen LogP contribution is 2.47. The first-order chi connectivity index (χ1) is 20.8. The SMILES string of the molecule is Cc1nc2c(OC(F)(F)F)cc(C(=O)NC[C@](O)(c3cc4c(c(-c5ccc(F)cc5)n3)OC[C@]4(C)C(N)=O)C(F)(F)F)cc2s1. The van der Waals surface area contributed by atoms with Crippen molar-refractivity contribution in [3.63, 3.8) is 0 Å². The molecule has 9 nitrogen and oxygen atoms in total. The average molecular weight is 659 g/mol. The molecule has 0 aliphatic carbocycles. The number of aromatic nitrogens is 2. The van der Waals surface area contributed by atoms with Crippen molar-refractivity contribution in [2.75, 3.05) is 13.2 Å². The van der Waals surface area contributed by atoms with Gasteiger partial charge in [0.25, 0.3) is 5.91 Å². The number of alkyl halides is 6. The molecule has 0 spiro atoms. The lowest BCUT2D eigenvalue weighted by atomic mass is 9.81. The number of primary amides is 1. The Morgan fingerprint density at radius 3 is 2.38 bits per heavy atom. The molecule has 3 heterocycles. The maximum Gasteiger partial charge on any atom is 0.573 e. The summed E-state index contributed by atoms with van der Waals surface area (Å²) in [6.45, 7) is 0.863. The zero-order chi connectivity index (χ0) is 33.1. The Morgan fingerprint density at radius 2 is 1.78 bits per heavy atom. The number of hydrogen-bond donors (Lipinski definition) is 3. The lowest BCUT2D eigenvalue weighted by molar-refractivity contribution is -0.274. The lowest BCUT2D eigenvalue weighted by Crippen LogP contribution is -2.51. The Kier molecular flexibility index (Phi) is 7.68. The molecule has 2 aromatic carbocycles. The van der Waals surface area contributed by atoms with Gasteiger partial charge in [-0.2, -0.15) is 13.2 Å². The summed E-state index contributed by atoms with van der Waals surface area (Å²) >= 11 is 0.911. The maximum absolute atomic E-state index is 14.6. The summed E-state index contributed by atoms with van der Waals surface area (Å²) in [5.74, 6) is -3.89. The van der Waals surface area contributed by atoms with Gasteiger partial charge in [-0.15, -0.1) is 24.5 Å². The van der Waals surface area contributed by atoms with Crippen molar-refractivity contribution < 1.29 is 54.9 Å². The van der Waals surface area contributed by atoms with Crippen molar-refractivity contribution in [2.24, 2.45) is 5.73 Å². The number of halogens is 7. The number of carbonyl (C=O) groups is 2. The minimum Gasteiger partial charge on any atom is -0.489 e. The van der Waals surface area contributed by atoms with Crippen LogP contribution in [0.5, 0.6) is 11.5 Å². The largest absolute Gasteiger partial charge is 0.573 e. The highest BCUT2D eigenvalue weighted by atomic mass is 32.1. The standard InChI is InChI=1S/C28H21F7N4O5S/c1-12-38-21-17(44-28(33,34)35)7-14(8-18(21)45-12)23(40)37-10-26(42,27(30,31)32)19-9-16-22(43-11-25(16,2)24(36)41)20(39-19)13-3-5-15(29)6-4-13/h3-9,42H,10-11H2,1-2H3,(H2,36,41)(H,37,40)/t25-,26-/m0/s1. The van der Waals surface area contributed by atoms with Crippen LogP contribution in [-0.4, -0.2) is 52.6 Å². The minimum atomic E-state index is -5.51. The first kappa shape index (κ1) is 31.9. The van der Waals surface area contributed by atoms with Gasteiger partial charge >= 0.3 is 12.5 Å². The van der Waals surface area contributed by atoms with Crippen molar-refractivity contribution in [3.05, 3.63) is 70.1 Å². The van der Waals surface area contributed by atoms with Gasteiger partial charge in [0, 0.05) is 16.7 Å². The Bertz CT molecular complexity index is 1830. The van der Waals surface area contributed by atoms with Gasteiger partial charge in [0.15, 0.2) is 5.75 Å². The Morgan fingerprint density at radius 1 is 1.11 bits per heavy atom. The minimum absolute atomic E-state index is 0.0714. The number of aliphatic hydroxyl groups is 1. The summed E-state index contributed by atoms with van der Waals surface area (Å²) in [7, 11) is 0. The number of rotatable bonds is 7. The van der Waals surface area contributed by atoms with E-state index in [0.717, 1.165) is 35.6 Å². The van der Waals surface area contributed by atoms with Crippen LogP contribution in [0.25, 0.3) is 21.5 Å². The first-order valence-electron chi connectivity index (χ1n) is 12.8. The number of nitrogens with one attached hydrogen (secondary N) is 1. The van der Waals surface area contributed by atoms with Crippen LogP contribution in [0.2, 0.25) is 0 Å². The molecule has 238 valence electrons. The second-order valence-corrected chi connectivity index (χ2v) is 11.6. The Balaban J connectivity index is 1.58. The van der Waals surface area contributed by atoms with Gasteiger partial charge in [-0.3, -0.25) is 9.59 Å². The lowest BCUT2D eigenvalue weighted by Gasteiger charge is -2.31. The molecule has 5 rings (SSSR count). The molecule has 17 heteroatoms. The number of amides is 2. The Hall–Kier alpha value is -4.51. The van der Waals surface area contributed by atoms with Crippen LogP contribution in [0, 0.1) is 12.7 Å². The molecule has 45 heavy (non-hydrogen) atoms. The predicted molar refractivity (Wildman–Crippen MR) is 145 cm³/mol. The number of carbonyl (C=O) groups excluding carboxylic acids is 2. The number of aryl methyl sites for hydroxylation is 1. The molecule has 2 amide bonds. The molecule has 2 atom stereocenters. The van der Waals surface area contributed by atoms with Gasteiger partial charge in [0.05, 0.1) is 21.9 Å². The highest BCUT2D eigenvalue weighted by molar-refractivity contribution is 7.18. The summed E-state index contributed by atoms with van der Waals surface area (Å²) in [6, 6.07) is 6.95. The molecule has 0 bridgehead atoms. The van der Waals surface area contributed by atoms with Crippen LogP contribution in [0.1, 0.15) is 33.5 Å². The number of hydrogen-bond acceptors (Lipinski definition) is 8. The third-order valence-electron chi connectivity index (χ3n) is 7.19. The van der Waals surface area contributed by atoms with Crippen molar-refractivity contribution in [1.29, 1.82) is 0 Å². The molecule has 0 radical (unpaired) electrons. The van der Waals surface area contributed by atoms with Crippen LogP contribution >= 0.6 is 11.3 Å².